The fourth-order valence-electron chi connectivity index (χ4n) is 2.91. The van der Waals surface area contributed by atoms with Crippen molar-refractivity contribution < 1.29 is 4.74 Å². The van der Waals surface area contributed by atoms with Crippen molar-refractivity contribution in [1.82, 2.24) is 20.4 Å². The first-order valence-corrected chi connectivity index (χ1v) is 9.44. The van der Waals surface area contributed by atoms with E-state index in [-0.39, 0.29) is 24.0 Å². The van der Waals surface area contributed by atoms with Crippen LogP contribution < -0.4 is 15.4 Å². The van der Waals surface area contributed by atoms with Crippen molar-refractivity contribution in [2.45, 2.75) is 26.9 Å². The van der Waals surface area contributed by atoms with Crippen LogP contribution in [0.2, 0.25) is 0 Å². The maximum absolute atomic E-state index is 5.49. The molecule has 1 heterocycles. The fourth-order valence-corrected chi connectivity index (χ4v) is 2.91. The molecule has 0 aliphatic carbocycles. The molecule has 0 amide bonds. The predicted octanol–water partition coefficient (Wildman–Crippen LogP) is 4.06. The first kappa shape index (κ1) is 22.7. The molecular weight excluding hydrogens is 477 g/mol. The molecule has 0 bridgehead atoms. The second kappa shape index (κ2) is 11.5. The van der Waals surface area contributed by atoms with E-state index in [1.165, 1.54) is 5.56 Å². The maximum atomic E-state index is 5.49. The molecule has 29 heavy (non-hydrogen) atoms. The molecule has 6 nitrogen and oxygen atoms in total. The molecular formula is C22H28IN5O. The van der Waals surface area contributed by atoms with Crippen LogP contribution in [0.15, 0.2) is 65.9 Å². The number of aryl methyl sites for hydroxylation is 1. The molecule has 0 aliphatic heterocycles. The molecule has 3 aromatic rings. The van der Waals surface area contributed by atoms with E-state index in [0.29, 0.717) is 13.1 Å². The highest BCUT2D eigenvalue weighted by molar-refractivity contribution is 14.0. The summed E-state index contributed by atoms with van der Waals surface area (Å²) < 4.78 is 7.34. The number of methoxy groups -OCH3 is 1. The van der Waals surface area contributed by atoms with Crippen LogP contribution in [0.1, 0.15) is 23.6 Å². The molecule has 2 N–H and O–H groups in total. The van der Waals surface area contributed by atoms with Gasteiger partial charge in [-0.3, -0.25) is 0 Å². The van der Waals surface area contributed by atoms with Crippen molar-refractivity contribution in [2.24, 2.45) is 4.99 Å². The van der Waals surface area contributed by atoms with Crippen molar-refractivity contribution in [2.75, 3.05) is 13.7 Å². The van der Waals surface area contributed by atoms with Gasteiger partial charge in [-0.05, 0) is 49.2 Å². The van der Waals surface area contributed by atoms with Gasteiger partial charge in [-0.25, -0.2) is 9.67 Å². The van der Waals surface area contributed by atoms with Gasteiger partial charge >= 0.3 is 0 Å². The van der Waals surface area contributed by atoms with Gasteiger partial charge in [0.2, 0.25) is 0 Å². The molecule has 0 unspecified atom stereocenters. The van der Waals surface area contributed by atoms with Crippen LogP contribution in [-0.2, 0) is 13.1 Å². The van der Waals surface area contributed by atoms with Crippen LogP contribution in [0.25, 0.3) is 5.69 Å². The van der Waals surface area contributed by atoms with Crippen LogP contribution in [0.3, 0.4) is 0 Å². The molecule has 0 radical (unpaired) electrons. The summed E-state index contributed by atoms with van der Waals surface area (Å²) in [5.41, 5.74) is 4.43. The highest BCUT2D eigenvalue weighted by atomic mass is 127. The summed E-state index contributed by atoms with van der Waals surface area (Å²) in [4.78, 5) is 4.72. The molecule has 1 aromatic heterocycles. The zero-order valence-corrected chi connectivity index (χ0v) is 19.4. The zero-order valence-electron chi connectivity index (χ0n) is 17.1. The molecule has 0 aliphatic rings. The molecule has 154 valence electrons. The Labute approximate surface area is 189 Å². The molecule has 0 spiro atoms. The maximum Gasteiger partial charge on any atom is 0.191 e. The van der Waals surface area contributed by atoms with Crippen molar-refractivity contribution in [3.63, 3.8) is 0 Å². The Morgan fingerprint density at radius 1 is 1.14 bits per heavy atom. The summed E-state index contributed by atoms with van der Waals surface area (Å²) in [6, 6.07) is 16.4. The third-order valence-corrected chi connectivity index (χ3v) is 4.33. The predicted molar refractivity (Wildman–Crippen MR) is 128 cm³/mol. The fraction of sp³-hybridized carbons (Fsp3) is 0.273. The number of guanidine groups is 1. The summed E-state index contributed by atoms with van der Waals surface area (Å²) in [7, 11) is 1.70. The van der Waals surface area contributed by atoms with E-state index in [1.54, 1.807) is 13.3 Å². The van der Waals surface area contributed by atoms with Crippen LogP contribution in [0, 0.1) is 6.92 Å². The Balaban J connectivity index is 0.00000300. The van der Waals surface area contributed by atoms with E-state index in [9.17, 15) is 0 Å². The quantitative estimate of drug-likeness (QED) is 0.289. The molecule has 7 heteroatoms. The lowest BCUT2D eigenvalue weighted by atomic mass is 10.1. The number of aliphatic imine (C=N–C) groups is 1. The van der Waals surface area contributed by atoms with Crippen LogP contribution >= 0.6 is 24.0 Å². The molecule has 0 atom stereocenters. The van der Waals surface area contributed by atoms with Gasteiger partial charge in [0.05, 0.1) is 19.3 Å². The average Bonchev–Trinajstić information content (AvgIpc) is 3.26. The Morgan fingerprint density at radius 2 is 2.00 bits per heavy atom. The number of ether oxygens (including phenoxy) is 1. The van der Waals surface area contributed by atoms with E-state index < -0.39 is 0 Å². The molecule has 0 saturated carbocycles. The number of hydrogen-bond donors (Lipinski definition) is 2. The van der Waals surface area contributed by atoms with Gasteiger partial charge in [0, 0.05) is 31.0 Å². The minimum atomic E-state index is 0. The number of nitrogens with one attached hydrogen (secondary N) is 2. The summed E-state index contributed by atoms with van der Waals surface area (Å²) >= 11 is 0. The van der Waals surface area contributed by atoms with E-state index in [4.69, 9.17) is 9.73 Å². The second-order valence-corrected chi connectivity index (χ2v) is 6.48. The number of nitrogens with zero attached hydrogens (tertiary/aromatic N) is 3. The van der Waals surface area contributed by atoms with Crippen molar-refractivity contribution in [1.29, 1.82) is 0 Å². The van der Waals surface area contributed by atoms with Crippen LogP contribution in [0.5, 0.6) is 5.75 Å². The Bertz CT molecular complexity index is 925. The normalized spacial score (nSPS) is 10.9. The number of halogens is 1. The standard InChI is InChI=1S/C22H27N5O.HI/c1-4-23-22(25-16-19-10-9-17(2)13-21(19)28-3)24-15-18-7-5-8-20(14-18)27-12-6-11-26-27;/h5-14H,4,15-16H2,1-3H3,(H2,23,24,25);1H. The van der Waals surface area contributed by atoms with E-state index in [1.807, 2.05) is 35.1 Å². The summed E-state index contributed by atoms with van der Waals surface area (Å²) in [5, 5.41) is 11.0. The van der Waals surface area contributed by atoms with Gasteiger partial charge in [-0.15, -0.1) is 24.0 Å². The average molecular weight is 505 g/mol. The lowest BCUT2D eigenvalue weighted by Crippen LogP contribution is -2.36. The van der Waals surface area contributed by atoms with Gasteiger partial charge in [-0.2, -0.15) is 5.10 Å². The van der Waals surface area contributed by atoms with Crippen molar-refractivity contribution in [3.05, 3.63) is 77.6 Å². The first-order chi connectivity index (χ1) is 13.7. The zero-order chi connectivity index (χ0) is 19.8. The highest BCUT2D eigenvalue weighted by Gasteiger charge is 2.05. The Morgan fingerprint density at radius 3 is 2.72 bits per heavy atom. The van der Waals surface area contributed by atoms with Crippen molar-refractivity contribution in [3.8, 4) is 11.4 Å². The lowest BCUT2D eigenvalue weighted by molar-refractivity contribution is 0.408. The topological polar surface area (TPSA) is 63.5 Å². The number of aromatic nitrogens is 2. The summed E-state index contributed by atoms with van der Waals surface area (Å²) in [6.07, 6.45) is 3.71. The monoisotopic (exact) mass is 505 g/mol. The van der Waals surface area contributed by atoms with E-state index in [2.05, 4.69) is 53.8 Å². The van der Waals surface area contributed by atoms with Gasteiger partial charge < -0.3 is 15.4 Å². The van der Waals surface area contributed by atoms with Gasteiger partial charge in [0.25, 0.3) is 0 Å². The summed E-state index contributed by atoms with van der Waals surface area (Å²) in [6.45, 7) is 6.13. The van der Waals surface area contributed by atoms with Crippen molar-refractivity contribution >= 4 is 29.9 Å². The Hall–Kier alpha value is -2.55. The number of hydrogen-bond acceptors (Lipinski definition) is 3. The Kier molecular flexibility index (Phi) is 8.98. The van der Waals surface area contributed by atoms with Gasteiger partial charge in [-0.1, -0.05) is 24.3 Å². The third kappa shape index (κ3) is 6.49. The van der Waals surface area contributed by atoms with E-state index >= 15 is 0 Å². The van der Waals surface area contributed by atoms with Crippen LogP contribution in [-0.4, -0.2) is 29.4 Å². The minimum Gasteiger partial charge on any atom is -0.496 e. The third-order valence-electron chi connectivity index (χ3n) is 4.33. The summed E-state index contributed by atoms with van der Waals surface area (Å²) in [5.74, 6) is 1.66. The smallest absolute Gasteiger partial charge is 0.191 e. The van der Waals surface area contributed by atoms with Gasteiger partial charge in [0.15, 0.2) is 5.96 Å². The number of benzene rings is 2. The van der Waals surface area contributed by atoms with E-state index in [0.717, 1.165) is 35.1 Å². The molecule has 2 aromatic carbocycles. The molecule has 0 fully saturated rings. The largest absolute Gasteiger partial charge is 0.496 e. The van der Waals surface area contributed by atoms with Gasteiger partial charge in [0.1, 0.15) is 5.75 Å². The minimum absolute atomic E-state index is 0. The number of rotatable bonds is 7. The SMILES string of the molecule is CCNC(=NCc1cccc(-n2cccn2)c1)NCc1ccc(C)cc1OC.I. The second-order valence-electron chi connectivity index (χ2n) is 6.48. The van der Waals surface area contributed by atoms with Crippen LogP contribution in [0.4, 0.5) is 0 Å². The first-order valence-electron chi connectivity index (χ1n) is 9.44. The molecule has 3 rings (SSSR count). The highest BCUT2D eigenvalue weighted by Crippen LogP contribution is 2.19. The molecule has 0 saturated heterocycles. The lowest BCUT2D eigenvalue weighted by Gasteiger charge is -2.14.